The van der Waals surface area contributed by atoms with Crippen molar-refractivity contribution in [2.45, 2.75) is 44.9 Å². The van der Waals surface area contributed by atoms with Gasteiger partial charge in [-0.25, -0.2) is 0 Å². The molecule has 0 saturated heterocycles. The van der Waals surface area contributed by atoms with Gasteiger partial charge in [-0.2, -0.15) is 0 Å². The standard InChI is InChI=1S/C11H18O/c1-2-11(12)10-8-6-4-3-5-7-9-10/h2,10H,1,3-9H2. The Morgan fingerprint density at radius 2 is 1.58 bits per heavy atom. The second-order valence-electron chi connectivity index (χ2n) is 3.65. The molecular weight excluding hydrogens is 148 g/mol. The minimum Gasteiger partial charge on any atom is -0.295 e. The third-order valence-corrected chi connectivity index (χ3v) is 2.71. The maximum absolute atomic E-state index is 11.3. The van der Waals surface area contributed by atoms with Crippen molar-refractivity contribution in [3.63, 3.8) is 0 Å². The number of allylic oxidation sites excluding steroid dienone is 1. The van der Waals surface area contributed by atoms with Crippen LogP contribution in [0.15, 0.2) is 12.7 Å². The summed E-state index contributed by atoms with van der Waals surface area (Å²) in [6.45, 7) is 3.54. The lowest BCUT2D eigenvalue weighted by molar-refractivity contribution is -0.118. The van der Waals surface area contributed by atoms with Gasteiger partial charge in [0.15, 0.2) is 5.78 Å². The molecule has 0 unspecified atom stereocenters. The molecule has 1 fully saturated rings. The fraction of sp³-hybridized carbons (Fsp3) is 0.727. The highest BCUT2D eigenvalue weighted by Crippen LogP contribution is 2.22. The van der Waals surface area contributed by atoms with E-state index in [1.165, 1.54) is 38.2 Å². The number of carbonyl (C=O) groups excluding carboxylic acids is 1. The van der Waals surface area contributed by atoms with Gasteiger partial charge in [0.25, 0.3) is 0 Å². The van der Waals surface area contributed by atoms with E-state index in [9.17, 15) is 4.79 Å². The van der Waals surface area contributed by atoms with E-state index in [2.05, 4.69) is 6.58 Å². The summed E-state index contributed by atoms with van der Waals surface area (Å²) in [7, 11) is 0. The maximum atomic E-state index is 11.3. The molecule has 0 aromatic heterocycles. The molecule has 1 saturated carbocycles. The Kier molecular flexibility index (Phi) is 4.06. The maximum Gasteiger partial charge on any atom is 0.158 e. The van der Waals surface area contributed by atoms with Crippen molar-refractivity contribution in [2.75, 3.05) is 0 Å². The van der Waals surface area contributed by atoms with Crippen LogP contribution in [0, 0.1) is 5.92 Å². The quantitative estimate of drug-likeness (QED) is 0.576. The summed E-state index contributed by atoms with van der Waals surface area (Å²) < 4.78 is 0. The van der Waals surface area contributed by atoms with E-state index in [0.29, 0.717) is 5.92 Å². The summed E-state index contributed by atoms with van der Waals surface area (Å²) in [5.74, 6) is 0.555. The van der Waals surface area contributed by atoms with Crippen molar-refractivity contribution >= 4 is 5.78 Å². The zero-order valence-corrected chi connectivity index (χ0v) is 7.72. The van der Waals surface area contributed by atoms with Gasteiger partial charge in [-0.3, -0.25) is 4.79 Å². The molecule has 1 aliphatic rings. The molecule has 0 radical (unpaired) electrons. The lowest BCUT2D eigenvalue weighted by Crippen LogP contribution is -2.13. The van der Waals surface area contributed by atoms with E-state index in [0.717, 1.165) is 12.8 Å². The Morgan fingerprint density at radius 1 is 1.08 bits per heavy atom. The highest BCUT2D eigenvalue weighted by molar-refractivity contribution is 5.91. The average Bonchev–Trinajstić information content (AvgIpc) is 2.02. The fourth-order valence-electron chi connectivity index (χ4n) is 1.91. The number of rotatable bonds is 2. The molecule has 0 heterocycles. The molecule has 0 aromatic carbocycles. The molecule has 12 heavy (non-hydrogen) atoms. The van der Waals surface area contributed by atoms with Crippen LogP contribution >= 0.6 is 0 Å². The summed E-state index contributed by atoms with van der Waals surface area (Å²) in [6.07, 6.45) is 10.1. The van der Waals surface area contributed by atoms with Gasteiger partial charge in [-0.05, 0) is 18.9 Å². The van der Waals surface area contributed by atoms with Gasteiger partial charge in [-0.1, -0.05) is 38.7 Å². The van der Waals surface area contributed by atoms with Crippen molar-refractivity contribution in [1.82, 2.24) is 0 Å². The number of hydrogen-bond acceptors (Lipinski definition) is 1. The van der Waals surface area contributed by atoms with E-state index in [-0.39, 0.29) is 5.78 Å². The van der Waals surface area contributed by atoms with Crippen LogP contribution in [-0.2, 0) is 4.79 Å². The zero-order chi connectivity index (χ0) is 8.81. The minimum atomic E-state index is 0.261. The summed E-state index contributed by atoms with van der Waals surface area (Å²) in [5.41, 5.74) is 0. The van der Waals surface area contributed by atoms with Gasteiger partial charge >= 0.3 is 0 Å². The third-order valence-electron chi connectivity index (χ3n) is 2.71. The lowest BCUT2D eigenvalue weighted by atomic mass is 9.88. The van der Waals surface area contributed by atoms with Crippen molar-refractivity contribution in [1.29, 1.82) is 0 Å². The van der Waals surface area contributed by atoms with E-state index < -0.39 is 0 Å². The summed E-state index contributed by atoms with van der Waals surface area (Å²) in [5, 5.41) is 0. The molecule has 1 aliphatic carbocycles. The first-order chi connectivity index (χ1) is 5.84. The summed E-state index contributed by atoms with van der Waals surface area (Å²) >= 11 is 0. The molecular formula is C11H18O. The monoisotopic (exact) mass is 166 g/mol. The van der Waals surface area contributed by atoms with Crippen LogP contribution in [0.3, 0.4) is 0 Å². The van der Waals surface area contributed by atoms with E-state index in [1.807, 2.05) is 0 Å². The SMILES string of the molecule is C=CC(=O)C1CCCCCCC1. The van der Waals surface area contributed by atoms with Crippen LogP contribution in [0.25, 0.3) is 0 Å². The summed E-state index contributed by atoms with van der Waals surface area (Å²) in [4.78, 5) is 11.3. The van der Waals surface area contributed by atoms with Gasteiger partial charge in [0.2, 0.25) is 0 Å². The predicted molar refractivity (Wildman–Crippen MR) is 51.0 cm³/mol. The molecule has 0 N–H and O–H groups in total. The smallest absolute Gasteiger partial charge is 0.158 e. The molecule has 68 valence electrons. The average molecular weight is 166 g/mol. The molecule has 0 spiro atoms. The third kappa shape index (κ3) is 2.80. The van der Waals surface area contributed by atoms with Crippen molar-refractivity contribution in [3.05, 3.63) is 12.7 Å². The van der Waals surface area contributed by atoms with Gasteiger partial charge in [0.05, 0.1) is 0 Å². The Bertz CT molecular complexity index is 152. The fourth-order valence-corrected chi connectivity index (χ4v) is 1.91. The molecule has 1 rings (SSSR count). The number of carbonyl (C=O) groups is 1. The second kappa shape index (κ2) is 5.13. The first-order valence-electron chi connectivity index (χ1n) is 5.01. The molecule has 1 nitrogen and oxygen atoms in total. The first-order valence-corrected chi connectivity index (χ1v) is 5.01. The largest absolute Gasteiger partial charge is 0.295 e. The molecule has 0 amide bonds. The van der Waals surface area contributed by atoms with Crippen LogP contribution in [0.1, 0.15) is 44.9 Å². The van der Waals surface area contributed by atoms with Crippen LogP contribution in [0.5, 0.6) is 0 Å². The topological polar surface area (TPSA) is 17.1 Å². The molecule has 0 aromatic rings. The predicted octanol–water partition coefficient (Wildman–Crippen LogP) is 3.10. The Morgan fingerprint density at radius 3 is 2.08 bits per heavy atom. The van der Waals surface area contributed by atoms with E-state index in [4.69, 9.17) is 0 Å². The normalized spacial score (nSPS) is 21.0. The highest BCUT2D eigenvalue weighted by Gasteiger charge is 2.15. The highest BCUT2D eigenvalue weighted by atomic mass is 16.1. The Balaban J connectivity index is 2.39. The lowest BCUT2D eigenvalue weighted by Gasteiger charge is -2.16. The van der Waals surface area contributed by atoms with Gasteiger partial charge in [0.1, 0.15) is 0 Å². The van der Waals surface area contributed by atoms with E-state index >= 15 is 0 Å². The minimum absolute atomic E-state index is 0.261. The van der Waals surface area contributed by atoms with Crippen LogP contribution < -0.4 is 0 Å². The van der Waals surface area contributed by atoms with Gasteiger partial charge in [0, 0.05) is 5.92 Å². The number of hydrogen-bond donors (Lipinski definition) is 0. The first kappa shape index (κ1) is 9.50. The Labute approximate surface area is 74.9 Å². The van der Waals surface area contributed by atoms with Crippen molar-refractivity contribution in [2.24, 2.45) is 5.92 Å². The summed E-state index contributed by atoms with van der Waals surface area (Å²) in [6, 6.07) is 0. The molecule has 0 aliphatic heterocycles. The molecule has 1 heteroatoms. The van der Waals surface area contributed by atoms with Crippen molar-refractivity contribution in [3.8, 4) is 0 Å². The van der Waals surface area contributed by atoms with E-state index in [1.54, 1.807) is 0 Å². The number of ketones is 1. The molecule has 0 atom stereocenters. The van der Waals surface area contributed by atoms with Crippen LogP contribution in [0.4, 0.5) is 0 Å². The molecule has 0 bridgehead atoms. The van der Waals surface area contributed by atoms with Crippen molar-refractivity contribution < 1.29 is 4.79 Å². The van der Waals surface area contributed by atoms with Crippen LogP contribution in [-0.4, -0.2) is 5.78 Å². The van der Waals surface area contributed by atoms with Gasteiger partial charge < -0.3 is 0 Å². The zero-order valence-electron chi connectivity index (χ0n) is 7.72. The second-order valence-corrected chi connectivity index (χ2v) is 3.65. The Hall–Kier alpha value is -0.590. The van der Waals surface area contributed by atoms with Gasteiger partial charge in [-0.15, -0.1) is 0 Å². The van der Waals surface area contributed by atoms with Crippen LogP contribution in [0.2, 0.25) is 0 Å².